The predicted molar refractivity (Wildman–Crippen MR) is 70.1 cm³/mol. The summed E-state index contributed by atoms with van der Waals surface area (Å²) >= 11 is 1.71. The van der Waals surface area contributed by atoms with Gasteiger partial charge in [-0.2, -0.15) is 5.10 Å². The summed E-state index contributed by atoms with van der Waals surface area (Å²) in [7, 11) is 1.97. The molecule has 0 radical (unpaired) electrons. The molecule has 17 heavy (non-hydrogen) atoms. The minimum absolute atomic E-state index is 0.891. The maximum Gasteiger partial charge on any atom is 0.0937 e. The van der Waals surface area contributed by atoms with Crippen molar-refractivity contribution in [3.05, 3.63) is 34.0 Å². The van der Waals surface area contributed by atoms with Crippen LogP contribution in [-0.4, -0.2) is 21.3 Å². The normalized spacial score (nSPS) is 10.9. The molecule has 2 heterocycles. The summed E-state index contributed by atoms with van der Waals surface area (Å²) in [5, 5.41) is 11.1. The first-order chi connectivity index (χ1) is 8.29. The Morgan fingerprint density at radius 3 is 3.06 bits per heavy atom. The molecule has 0 aliphatic rings. The number of hydrogen-bond donors (Lipinski definition) is 1. The lowest BCUT2D eigenvalue weighted by molar-refractivity contribution is 0.681. The molecule has 0 saturated carbocycles. The fourth-order valence-electron chi connectivity index (χ4n) is 1.82. The van der Waals surface area contributed by atoms with Crippen molar-refractivity contribution in [1.82, 2.24) is 20.1 Å². The average molecular weight is 250 g/mol. The molecule has 2 aromatic rings. The SMILES string of the molecule is CCc1nn(C)cc1CNCCc1nccs1. The standard InChI is InChI=1S/C12H18N4S/c1-3-11-10(9-16(2)15-11)8-13-5-4-12-14-6-7-17-12/h6-7,9,13H,3-5,8H2,1-2H3. The number of thiazole rings is 1. The van der Waals surface area contributed by atoms with Gasteiger partial charge >= 0.3 is 0 Å². The van der Waals surface area contributed by atoms with Crippen molar-refractivity contribution in [3.63, 3.8) is 0 Å². The van der Waals surface area contributed by atoms with Gasteiger partial charge in [0.05, 0.1) is 10.7 Å². The van der Waals surface area contributed by atoms with Crippen LogP contribution >= 0.6 is 11.3 Å². The van der Waals surface area contributed by atoms with E-state index in [0.717, 1.165) is 25.9 Å². The number of nitrogens with zero attached hydrogens (tertiary/aromatic N) is 3. The third kappa shape index (κ3) is 3.38. The lowest BCUT2D eigenvalue weighted by Crippen LogP contribution is -2.17. The molecule has 0 fully saturated rings. The molecular weight excluding hydrogens is 232 g/mol. The van der Waals surface area contributed by atoms with Crippen LogP contribution in [0, 0.1) is 0 Å². The van der Waals surface area contributed by atoms with Crippen LogP contribution < -0.4 is 5.32 Å². The topological polar surface area (TPSA) is 42.7 Å². The summed E-state index contributed by atoms with van der Waals surface area (Å²) in [4.78, 5) is 4.26. The van der Waals surface area contributed by atoms with E-state index in [1.165, 1.54) is 16.3 Å². The van der Waals surface area contributed by atoms with Crippen LogP contribution in [0.2, 0.25) is 0 Å². The molecule has 0 spiro atoms. The molecule has 0 aromatic carbocycles. The second kappa shape index (κ2) is 5.93. The van der Waals surface area contributed by atoms with Gasteiger partial charge in [-0.1, -0.05) is 6.92 Å². The van der Waals surface area contributed by atoms with Gasteiger partial charge in [-0.3, -0.25) is 4.68 Å². The monoisotopic (exact) mass is 250 g/mol. The van der Waals surface area contributed by atoms with E-state index < -0.39 is 0 Å². The molecule has 2 rings (SSSR count). The highest BCUT2D eigenvalue weighted by atomic mass is 32.1. The van der Waals surface area contributed by atoms with Gasteiger partial charge in [0.1, 0.15) is 0 Å². The lowest BCUT2D eigenvalue weighted by Gasteiger charge is -2.02. The van der Waals surface area contributed by atoms with Crippen LogP contribution in [0.15, 0.2) is 17.8 Å². The maximum absolute atomic E-state index is 4.42. The van der Waals surface area contributed by atoms with E-state index in [2.05, 4.69) is 28.5 Å². The Morgan fingerprint density at radius 2 is 2.35 bits per heavy atom. The Labute approximate surface area is 106 Å². The predicted octanol–water partition coefficient (Wildman–Crippen LogP) is 1.77. The number of aryl methyl sites for hydroxylation is 2. The minimum Gasteiger partial charge on any atom is -0.312 e. The molecule has 1 N–H and O–H groups in total. The zero-order chi connectivity index (χ0) is 12.1. The van der Waals surface area contributed by atoms with E-state index in [1.54, 1.807) is 11.3 Å². The Kier molecular flexibility index (Phi) is 4.28. The Hall–Kier alpha value is -1.20. The largest absolute Gasteiger partial charge is 0.312 e. The third-order valence-corrected chi connectivity index (χ3v) is 3.48. The van der Waals surface area contributed by atoms with E-state index in [-0.39, 0.29) is 0 Å². The van der Waals surface area contributed by atoms with Gasteiger partial charge in [-0.05, 0) is 6.42 Å². The van der Waals surface area contributed by atoms with Crippen LogP contribution in [0.25, 0.3) is 0 Å². The molecule has 92 valence electrons. The van der Waals surface area contributed by atoms with Gasteiger partial charge in [0.2, 0.25) is 0 Å². The van der Waals surface area contributed by atoms with Crippen LogP contribution in [0.5, 0.6) is 0 Å². The first-order valence-electron chi connectivity index (χ1n) is 5.90. The van der Waals surface area contributed by atoms with Gasteiger partial charge in [-0.25, -0.2) is 4.98 Å². The molecule has 5 heteroatoms. The van der Waals surface area contributed by atoms with Crippen molar-refractivity contribution < 1.29 is 0 Å². The smallest absolute Gasteiger partial charge is 0.0937 e. The summed E-state index contributed by atoms with van der Waals surface area (Å²) in [5.41, 5.74) is 2.49. The Bertz CT molecular complexity index is 447. The van der Waals surface area contributed by atoms with Crippen molar-refractivity contribution in [2.24, 2.45) is 7.05 Å². The van der Waals surface area contributed by atoms with E-state index in [4.69, 9.17) is 0 Å². The van der Waals surface area contributed by atoms with Gasteiger partial charge in [0.15, 0.2) is 0 Å². The highest BCUT2D eigenvalue weighted by molar-refractivity contribution is 7.09. The number of nitrogens with one attached hydrogen (secondary N) is 1. The van der Waals surface area contributed by atoms with Crippen LogP contribution in [-0.2, 0) is 26.4 Å². The van der Waals surface area contributed by atoms with Crippen molar-refractivity contribution >= 4 is 11.3 Å². The van der Waals surface area contributed by atoms with Crippen LogP contribution in [0.1, 0.15) is 23.2 Å². The van der Waals surface area contributed by atoms with E-state index in [0.29, 0.717) is 0 Å². The zero-order valence-corrected chi connectivity index (χ0v) is 11.1. The Balaban J connectivity index is 1.77. The second-order valence-electron chi connectivity index (χ2n) is 3.98. The summed E-state index contributed by atoms with van der Waals surface area (Å²) in [6, 6.07) is 0. The van der Waals surface area contributed by atoms with Crippen molar-refractivity contribution in [1.29, 1.82) is 0 Å². The number of hydrogen-bond acceptors (Lipinski definition) is 4. The molecule has 0 aliphatic heterocycles. The van der Waals surface area contributed by atoms with Gasteiger partial charge in [0, 0.05) is 49.9 Å². The van der Waals surface area contributed by atoms with Crippen LogP contribution in [0.3, 0.4) is 0 Å². The van der Waals surface area contributed by atoms with E-state index in [9.17, 15) is 0 Å². The van der Waals surface area contributed by atoms with Crippen molar-refractivity contribution in [3.8, 4) is 0 Å². The molecule has 0 amide bonds. The first kappa shape index (κ1) is 12.3. The molecule has 2 aromatic heterocycles. The maximum atomic E-state index is 4.42. The highest BCUT2D eigenvalue weighted by Gasteiger charge is 2.04. The summed E-state index contributed by atoms with van der Waals surface area (Å²) in [5.74, 6) is 0. The average Bonchev–Trinajstić information content (AvgIpc) is 2.93. The quantitative estimate of drug-likeness (QED) is 0.795. The second-order valence-corrected chi connectivity index (χ2v) is 4.96. The molecule has 0 bridgehead atoms. The molecule has 0 unspecified atom stereocenters. The molecule has 4 nitrogen and oxygen atoms in total. The fourth-order valence-corrected chi connectivity index (χ4v) is 2.44. The highest BCUT2D eigenvalue weighted by Crippen LogP contribution is 2.07. The molecule has 0 atom stereocenters. The Morgan fingerprint density at radius 1 is 1.47 bits per heavy atom. The lowest BCUT2D eigenvalue weighted by atomic mass is 10.2. The third-order valence-electron chi connectivity index (χ3n) is 2.64. The fraction of sp³-hybridized carbons (Fsp3) is 0.500. The van der Waals surface area contributed by atoms with Gasteiger partial charge in [0.25, 0.3) is 0 Å². The van der Waals surface area contributed by atoms with Crippen LogP contribution in [0.4, 0.5) is 0 Å². The first-order valence-corrected chi connectivity index (χ1v) is 6.78. The summed E-state index contributed by atoms with van der Waals surface area (Å²) in [6.45, 7) is 4.00. The van der Waals surface area contributed by atoms with E-state index >= 15 is 0 Å². The number of rotatable bonds is 6. The van der Waals surface area contributed by atoms with Crippen molar-refractivity contribution in [2.45, 2.75) is 26.3 Å². The van der Waals surface area contributed by atoms with E-state index in [1.807, 2.05) is 23.3 Å². The van der Waals surface area contributed by atoms with Gasteiger partial charge < -0.3 is 5.32 Å². The zero-order valence-electron chi connectivity index (χ0n) is 10.3. The van der Waals surface area contributed by atoms with Crippen molar-refractivity contribution in [2.75, 3.05) is 6.54 Å². The molecule has 0 saturated heterocycles. The molecule has 0 aliphatic carbocycles. The summed E-state index contributed by atoms with van der Waals surface area (Å²) < 4.78 is 1.89. The number of aromatic nitrogens is 3. The summed E-state index contributed by atoms with van der Waals surface area (Å²) in [6.07, 6.45) is 5.94. The van der Waals surface area contributed by atoms with Gasteiger partial charge in [-0.15, -0.1) is 11.3 Å². The molecular formula is C12H18N4S. The minimum atomic E-state index is 0.891.